The van der Waals surface area contributed by atoms with Crippen LogP contribution < -0.4 is 0 Å². The van der Waals surface area contributed by atoms with Gasteiger partial charge in [0.15, 0.2) is 0 Å². The molecule has 0 aromatic heterocycles. The van der Waals surface area contributed by atoms with Crippen LogP contribution in [0.2, 0.25) is 12.6 Å². The Hall–Kier alpha value is -0.465. The second-order valence-electron chi connectivity index (χ2n) is 3.31. The van der Waals surface area contributed by atoms with Gasteiger partial charge in [0.2, 0.25) is 0 Å². The van der Waals surface area contributed by atoms with Gasteiger partial charge < -0.3 is 4.74 Å². The molecule has 0 aromatic rings. The Labute approximate surface area is 68.6 Å². The summed E-state index contributed by atoms with van der Waals surface area (Å²) in [5, 5.41) is 0. The zero-order chi connectivity index (χ0) is 8.32. The van der Waals surface area contributed by atoms with Gasteiger partial charge in [-0.2, -0.15) is 0 Å². The summed E-state index contributed by atoms with van der Waals surface area (Å²) in [6.45, 7) is 4.32. The third-order valence-corrected chi connectivity index (χ3v) is 2.26. The molecule has 1 radical (unpaired) electrons. The second kappa shape index (κ2) is 3.29. The molecule has 61 valence electrons. The molecule has 2 nitrogen and oxygen atoms in total. The topological polar surface area (TPSA) is 26.3 Å². The molecule has 1 aliphatic rings. The quantitative estimate of drug-likeness (QED) is 0.443. The molecule has 0 bridgehead atoms. The van der Waals surface area contributed by atoms with E-state index in [1.54, 1.807) is 0 Å². The Morgan fingerprint density at radius 3 is 2.91 bits per heavy atom. The number of carbonyl (C=O) groups excluding carboxylic acids is 1. The molecule has 1 atom stereocenters. The maximum absolute atomic E-state index is 11.3. The second-order valence-corrected chi connectivity index (χ2v) is 3.31. The van der Waals surface area contributed by atoms with Crippen LogP contribution in [-0.4, -0.2) is 19.9 Å². The van der Waals surface area contributed by atoms with Gasteiger partial charge in [0.1, 0.15) is 7.28 Å². The molecule has 1 rings (SSSR count). The molecule has 1 saturated heterocycles. The summed E-state index contributed by atoms with van der Waals surface area (Å²) in [4.78, 5) is 11.3. The third kappa shape index (κ3) is 1.76. The maximum Gasteiger partial charge on any atom is 0.311 e. The number of rotatable bonds is 2. The van der Waals surface area contributed by atoms with E-state index in [1.165, 1.54) is 0 Å². The van der Waals surface area contributed by atoms with Crippen molar-refractivity contribution in [3.63, 3.8) is 0 Å². The van der Waals surface area contributed by atoms with E-state index in [-0.39, 0.29) is 11.4 Å². The molecule has 11 heavy (non-hydrogen) atoms. The van der Waals surface area contributed by atoms with Crippen LogP contribution >= 0.6 is 0 Å². The van der Waals surface area contributed by atoms with Crippen molar-refractivity contribution < 1.29 is 9.53 Å². The highest BCUT2D eigenvalue weighted by Gasteiger charge is 2.37. The van der Waals surface area contributed by atoms with E-state index < -0.39 is 0 Å². The Morgan fingerprint density at radius 1 is 1.73 bits per heavy atom. The largest absolute Gasteiger partial charge is 0.466 e. The monoisotopic (exact) mass is 153 g/mol. The minimum Gasteiger partial charge on any atom is -0.466 e. The predicted molar refractivity (Wildman–Crippen MR) is 44.7 cm³/mol. The minimum atomic E-state index is -0.212. The smallest absolute Gasteiger partial charge is 0.311 e. The molecule has 0 amide bonds. The fraction of sp³-hybridized carbons (Fsp3) is 0.875. The first-order chi connectivity index (χ1) is 5.19. The number of hydrogen-bond donors (Lipinski definition) is 0. The summed E-state index contributed by atoms with van der Waals surface area (Å²) in [6, 6.07) is 0. The van der Waals surface area contributed by atoms with Gasteiger partial charge in [-0.05, 0) is 20.3 Å². The lowest BCUT2D eigenvalue weighted by Gasteiger charge is -2.20. The third-order valence-electron chi connectivity index (χ3n) is 2.26. The fourth-order valence-corrected chi connectivity index (χ4v) is 1.43. The van der Waals surface area contributed by atoms with Crippen LogP contribution in [0, 0.1) is 5.41 Å². The molecule has 1 aliphatic heterocycles. The fourth-order valence-electron chi connectivity index (χ4n) is 1.43. The SMILES string of the molecule is CCOC(=O)C1(C)C[B]CC1. The van der Waals surface area contributed by atoms with Crippen molar-refractivity contribution in [1.82, 2.24) is 0 Å². The number of esters is 1. The molecule has 3 heteroatoms. The first kappa shape index (κ1) is 8.63. The summed E-state index contributed by atoms with van der Waals surface area (Å²) >= 11 is 0. The molecule has 1 heterocycles. The van der Waals surface area contributed by atoms with Crippen LogP contribution in [0.3, 0.4) is 0 Å². The number of ether oxygens (including phenoxy) is 1. The lowest BCUT2D eigenvalue weighted by Crippen LogP contribution is -2.26. The summed E-state index contributed by atoms with van der Waals surface area (Å²) < 4.78 is 4.97. The van der Waals surface area contributed by atoms with Crippen molar-refractivity contribution in [3.8, 4) is 0 Å². The average molecular weight is 153 g/mol. The van der Waals surface area contributed by atoms with Gasteiger partial charge in [-0.3, -0.25) is 4.79 Å². The minimum absolute atomic E-state index is 0.0336. The van der Waals surface area contributed by atoms with E-state index >= 15 is 0 Å². The van der Waals surface area contributed by atoms with Crippen LogP contribution in [0.1, 0.15) is 20.3 Å². The van der Waals surface area contributed by atoms with Crippen molar-refractivity contribution in [2.45, 2.75) is 32.9 Å². The molecule has 0 saturated carbocycles. The average Bonchev–Trinajstić information content (AvgIpc) is 2.38. The van der Waals surface area contributed by atoms with Gasteiger partial charge >= 0.3 is 5.97 Å². The van der Waals surface area contributed by atoms with E-state index in [9.17, 15) is 4.79 Å². The molecule has 0 spiro atoms. The Balaban J connectivity index is 2.49. The molecule has 0 aromatic carbocycles. The highest BCUT2D eigenvalue weighted by Crippen LogP contribution is 2.35. The first-order valence-electron chi connectivity index (χ1n) is 4.18. The Kier molecular flexibility index (Phi) is 2.58. The van der Waals surface area contributed by atoms with Crippen molar-refractivity contribution >= 4 is 13.2 Å². The molecule has 1 unspecified atom stereocenters. The summed E-state index contributed by atoms with van der Waals surface area (Å²) in [7, 11) is 2.16. The van der Waals surface area contributed by atoms with E-state index in [1.807, 2.05) is 13.8 Å². The number of hydrogen-bond acceptors (Lipinski definition) is 2. The van der Waals surface area contributed by atoms with Crippen molar-refractivity contribution in [2.75, 3.05) is 6.61 Å². The maximum atomic E-state index is 11.3. The van der Waals surface area contributed by atoms with Crippen LogP contribution in [0.4, 0.5) is 0 Å². The highest BCUT2D eigenvalue weighted by molar-refractivity contribution is 6.37. The van der Waals surface area contributed by atoms with Crippen LogP contribution in [0.5, 0.6) is 0 Å². The van der Waals surface area contributed by atoms with Gasteiger partial charge in [-0.15, -0.1) is 0 Å². The van der Waals surface area contributed by atoms with E-state index in [0.29, 0.717) is 6.61 Å². The van der Waals surface area contributed by atoms with Crippen molar-refractivity contribution in [2.24, 2.45) is 5.41 Å². The van der Waals surface area contributed by atoms with Crippen LogP contribution in [-0.2, 0) is 9.53 Å². The summed E-state index contributed by atoms with van der Waals surface area (Å²) in [5.74, 6) is -0.0336. The molecular weight excluding hydrogens is 139 g/mol. The molecule has 0 N–H and O–H groups in total. The lowest BCUT2D eigenvalue weighted by molar-refractivity contribution is -0.153. The van der Waals surface area contributed by atoms with Crippen molar-refractivity contribution in [1.29, 1.82) is 0 Å². The normalized spacial score (nSPS) is 29.6. The van der Waals surface area contributed by atoms with Gasteiger partial charge in [0.05, 0.1) is 12.0 Å². The van der Waals surface area contributed by atoms with Crippen LogP contribution in [0.25, 0.3) is 0 Å². The highest BCUT2D eigenvalue weighted by atomic mass is 16.5. The standard InChI is InChI=1S/C8H14BO2/c1-3-11-7(10)8(2)4-5-9-6-8/h3-6H2,1-2H3. The summed E-state index contributed by atoms with van der Waals surface area (Å²) in [6.07, 6.45) is 2.88. The lowest BCUT2D eigenvalue weighted by atomic mass is 9.73. The Morgan fingerprint density at radius 2 is 2.45 bits per heavy atom. The van der Waals surface area contributed by atoms with E-state index in [4.69, 9.17) is 4.74 Å². The van der Waals surface area contributed by atoms with Gasteiger partial charge in [-0.25, -0.2) is 0 Å². The Bertz CT molecular complexity index is 150. The first-order valence-corrected chi connectivity index (χ1v) is 4.18. The molecule has 1 fully saturated rings. The zero-order valence-corrected chi connectivity index (χ0v) is 7.22. The molecule has 0 aliphatic carbocycles. The van der Waals surface area contributed by atoms with Gasteiger partial charge in [0, 0.05) is 0 Å². The number of carbonyl (C=O) groups is 1. The van der Waals surface area contributed by atoms with Gasteiger partial charge in [0.25, 0.3) is 0 Å². The van der Waals surface area contributed by atoms with Gasteiger partial charge in [-0.1, -0.05) is 12.6 Å². The van der Waals surface area contributed by atoms with E-state index in [2.05, 4.69) is 7.28 Å². The van der Waals surface area contributed by atoms with Crippen LogP contribution in [0.15, 0.2) is 0 Å². The predicted octanol–water partition coefficient (Wildman–Crippen LogP) is 1.50. The zero-order valence-electron chi connectivity index (χ0n) is 7.22. The molecular formula is C8H14BO2. The van der Waals surface area contributed by atoms with E-state index in [0.717, 1.165) is 19.1 Å². The van der Waals surface area contributed by atoms with Crippen molar-refractivity contribution in [3.05, 3.63) is 0 Å². The summed E-state index contributed by atoms with van der Waals surface area (Å²) in [5.41, 5.74) is -0.212.